The predicted octanol–water partition coefficient (Wildman–Crippen LogP) is 4.33. The first-order valence-electron chi connectivity index (χ1n) is 8.74. The number of carbonyl (C=O) groups excluding carboxylic acids is 2. The first-order valence-corrected chi connectivity index (χ1v) is 9.93. The highest BCUT2D eigenvalue weighted by Gasteiger charge is 2.23. The Morgan fingerprint density at radius 3 is 2.71 bits per heavy atom. The normalized spacial score (nSPS) is 13.8. The van der Waals surface area contributed by atoms with E-state index >= 15 is 0 Å². The van der Waals surface area contributed by atoms with Gasteiger partial charge in [-0.2, -0.15) is 0 Å². The summed E-state index contributed by atoms with van der Waals surface area (Å²) in [5, 5.41) is 14.2. The van der Waals surface area contributed by atoms with Gasteiger partial charge in [0.2, 0.25) is 5.91 Å². The van der Waals surface area contributed by atoms with Crippen molar-refractivity contribution in [3.8, 4) is 0 Å². The number of aryl methyl sites for hydroxylation is 1. The Bertz CT molecular complexity index is 984. The van der Waals surface area contributed by atoms with Crippen molar-refractivity contribution >= 4 is 51.5 Å². The second-order valence-electron chi connectivity index (χ2n) is 6.42. The van der Waals surface area contributed by atoms with Crippen LogP contribution in [0.4, 0.5) is 10.7 Å². The molecular formula is C19H18ClN3O4S. The van der Waals surface area contributed by atoms with Crippen LogP contribution in [0.5, 0.6) is 0 Å². The number of carbonyl (C=O) groups is 2. The van der Waals surface area contributed by atoms with E-state index in [2.05, 4.69) is 5.32 Å². The van der Waals surface area contributed by atoms with Crippen LogP contribution in [0.25, 0.3) is 6.08 Å². The van der Waals surface area contributed by atoms with Crippen molar-refractivity contribution in [3.05, 3.63) is 61.0 Å². The molecule has 0 unspecified atom stereocenters. The summed E-state index contributed by atoms with van der Waals surface area (Å²) in [7, 11) is 0. The largest absolute Gasteiger partial charge is 0.365 e. The summed E-state index contributed by atoms with van der Waals surface area (Å²) in [6.45, 7) is 0. The maximum Gasteiger partial charge on any atom is 0.288 e. The summed E-state index contributed by atoms with van der Waals surface area (Å²) < 4.78 is 0. The van der Waals surface area contributed by atoms with Gasteiger partial charge >= 0.3 is 0 Å². The van der Waals surface area contributed by atoms with Crippen LogP contribution >= 0.6 is 22.9 Å². The third-order valence-electron chi connectivity index (χ3n) is 4.50. The van der Waals surface area contributed by atoms with E-state index in [0.717, 1.165) is 42.5 Å². The van der Waals surface area contributed by atoms with E-state index in [9.17, 15) is 19.7 Å². The maximum absolute atomic E-state index is 12.3. The molecule has 0 spiro atoms. The molecule has 1 aliphatic rings. The zero-order valence-corrected chi connectivity index (χ0v) is 16.4. The molecular weight excluding hydrogens is 402 g/mol. The lowest BCUT2D eigenvalue weighted by Gasteiger charge is -2.04. The van der Waals surface area contributed by atoms with Crippen molar-refractivity contribution in [2.75, 3.05) is 5.32 Å². The van der Waals surface area contributed by atoms with Crippen molar-refractivity contribution in [2.45, 2.75) is 32.1 Å². The Morgan fingerprint density at radius 2 is 2.00 bits per heavy atom. The number of fused-ring (bicyclic) bond motifs is 1. The fraction of sp³-hybridized carbons (Fsp3) is 0.263. The number of nitro benzene ring substituents is 1. The highest BCUT2D eigenvalue weighted by Crippen LogP contribution is 2.37. The van der Waals surface area contributed by atoms with Crippen LogP contribution in [0.1, 0.15) is 45.6 Å². The van der Waals surface area contributed by atoms with Crippen LogP contribution in [0.3, 0.4) is 0 Å². The number of hydrogen-bond donors (Lipinski definition) is 2. The number of thiophene rings is 1. The van der Waals surface area contributed by atoms with Crippen molar-refractivity contribution in [1.82, 2.24) is 0 Å². The van der Waals surface area contributed by atoms with Gasteiger partial charge in [-0.05, 0) is 49.0 Å². The Kier molecular flexibility index (Phi) is 6.11. The van der Waals surface area contributed by atoms with Gasteiger partial charge < -0.3 is 11.1 Å². The first kappa shape index (κ1) is 20.0. The fourth-order valence-corrected chi connectivity index (χ4v) is 4.67. The molecule has 3 N–H and O–H groups in total. The monoisotopic (exact) mass is 419 g/mol. The number of amides is 2. The molecule has 7 nitrogen and oxygen atoms in total. The molecule has 3 rings (SSSR count). The average molecular weight is 420 g/mol. The van der Waals surface area contributed by atoms with Crippen LogP contribution in [-0.4, -0.2) is 16.7 Å². The van der Waals surface area contributed by atoms with E-state index in [1.807, 2.05) is 0 Å². The van der Waals surface area contributed by atoms with Gasteiger partial charge in [0.15, 0.2) is 0 Å². The smallest absolute Gasteiger partial charge is 0.288 e. The van der Waals surface area contributed by atoms with Crippen LogP contribution in [-0.2, 0) is 17.6 Å². The first-order chi connectivity index (χ1) is 13.4. The minimum atomic E-state index is -0.586. The van der Waals surface area contributed by atoms with E-state index in [-0.39, 0.29) is 10.7 Å². The van der Waals surface area contributed by atoms with Gasteiger partial charge in [-0.1, -0.05) is 24.1 Å². The molecule has 28 heavy (non-hydrogen) atoms. The minimum Gasteiger partial charge on any atom is -0.365 e. The number of nitrogens with zero attached hydrogens (tertiary/aromatic N) is 1. The minimum absolute atomic E-state index is 0.0257. The number of nitro groups is 1. The third kappa shape index (κ3) is 4.40. The number of hydrogen-bond acceptors (Lipinski definition) is 5. The number of nitrogens with one attached hydrogen (secondary N) is 1. The lowest BCUT2D eigenvalue weighted by atomic mass is 10.1. The summed E-state index contributed by atoms with van der Waals surface area (Å²) >= 11 is 7.17. The molecule has 1 aromatic heterocycles. The molecule has 0 aliphatic heterocycles. The quantitative estimate of drug-likeness (QED) is 0.324. The van der Waals surface area contributed by atoms with Gasteiger partial charge in [0, 0.05) is 17.0 Å². The Balaban J connectivity index is 1.80. The van der Waals surface area contributed by atoms with Gasteiger partial charge in [0.25, 0.3) is 11.6 Å². The molecule has 0 fully saturated rings. The topological polar surface area (TPSA) is 115 Å². The second kappa shape index (κ2) is 8.53. The van der Waals surface area contributed by atoms with Gasteiger partial charge in [-0.3, -0.25) is 19.7 Å². The highest BCUT2D eigenvalue weighted by atomic mass is 35.5. The number of halogens is 1. The number of primary amides is 1. The Hall–Kier alpha value is -2.71. The molecule has 0 saturated carbocycles. The summed E-state index contributed by atoms with van der Waals surface area (Å²) in [6, 6.07) is 4.26. The van der Waals surface area contributed by atoms with Crippen LogP contribution < -0.4 is 11.1 Å². The van der Waals surface area contributed by atoms with Crippen molar-refractivity contribution < 1.29 is 14.5 Å². The lowest BCUT2D eigenvalue weighted by molar-refractivity contribution is -0.384. The zero-order valence-electron chi connectivity index (χ0n) is 14.9. The van der Waals surface area contributed by atoms with Gasteiger partial charge in [-0.15, -0.1) is 11.3 Å². The van der Waals surface area contributed by atoms with E-state index < -0.39 is 16.7 Å². The third-order valence-corrected chi connectivity index (χ3v) is 6.03. The van der Waals surface area contributed by atoms with Gasteiger partial charge in [0.05, 0.1) is 10.5 Å². The average Bonchev–Trinajstić information content (AvgIpc) is 2.81. The second-order valence-corrected chi connectivity index (χ2v) is 7.94. The SMILES string of the molecule is NC(=O)c1c(NC(=O)/C=C/c2ccc(Cl)c([N+](=O)[O-])c2)sc2c1CCCCC2. The Morgan fingerprint density at radius 1 is 1.25 bits per heavy atom. The summed E-state index contributed by atoms with van der Waals surface area (Å²) in [5.74, 6) is -0.997. The molecule has 146 valence electrons. The van der Waals surface area contributed by atoms with Crippen molar-refractivity contribution in [1.29, 1.82) is 0 Å². The zero-order chi connectivity index (χ0) is 20.3. The molecule has 1 heterocycles. The molecule has 0 radical (unpaired) electrons. The predicted molar refractivity (Wildman–Crippen MR) is 110 cm³/mol. The molecule has 9 heteroatoms. The summed E-state index contributed by atoms with van der Waals surface area (Å²) in [6.07, 6.45) is 7.51. The lowest BCUT2D eigenvalue weighted by Crippen LogP contribution is -2.16. The van der Waals surface area contributed by atoms with E-state index in [1.54, 1.807) is 6.07 Å². The highest BCUT2D eigenvalue weighted by molar-refractivity contribution is 7.17. The van der Waals surface area contributed by atoms with Gasteiger partial charge in [-0.25, -0.2) is 0 Å². The van der Waals surface area contributed by atoms with Gasteiger partial charge in [0.1, 0.15) is 10.0 Å². The van der Waals surface area contributed by atoms with Crippen LogP contribution in [0.2, 0.25) is 5.02 Å². The number of benzene rings is 1. The van der Waals surface area contributed by atoms with E-state index in [4.69, 9.17) is 17.3 Å². The van der Waals surface area contributed by atoms with E-state index in [0.29, 0.717) is 16.1 Å². The maximum atomic E-state index is 12.3. The number of nitrogens with two attached hydrogens (primary N) is 1. The molecule has 1 aliphatic carbocycles. The van der Waals surface area contributed by atoms with Crippen LogP contribution in [0, 0.1) is 10.1 Å². The molecule has 1 aromatic carbocycles. The summed E-state index contributed by atoms with van der Waals surface area (Å²) in [4.78, 5) is 35.7. The molecule has 2 aromatic rings. The molecule has 0 bridgehead atoms. The standard InChI is InChI=1S/C19H18ClN3O4S/c20-13-8-6-11(10-14(13)23(26)27)7-9-16(24)22-19-17(18(21)25)12-4-2-1-3-5-15(12)28-19/h6-10H,1-5H2,(H2,21,25)(H,22,24)/b9-7+. The van der Waals surface area contributed by atoms with Crippen LogP contribution in [0.15, 0.2) is 24.3 Å². The Labute approximate surface area is 170 Å². The molecule has 2 amide bonds. The molecule has 0 atom stereocenters. The number of rotatable bonds is 5. The summed E-state index contributed by atoms with van der Waals surface area (Å²) in [5.41, 5.74) is 7.12. The van der Waals surface area contributed by atoms with Crippen molar-refractivity contribution in [2.24, 2.45) is 5.73 Å². The molecule has 0 saturated heterocycles. The fourth-order valence-electron chi connectivity index (χ4n) is 3.19. The van der Waals surface area contributed by atoms with Crippen molar-refractivity contribution in [3.63, 3.8) is 0 Å². The van der Waals surface area contributed by atoms with E-state index in [1.165, 1.54) is 35.6 Å². The number of anilines is 1.